The standard InChI is InChI=1S/C22H33F3N2O2S/c1-16(2)21-15-26(19-5-4-6-20(13-19)30(3,28)29)11-12-27(21)14-17-7-9-18(10-8-17)22(23,24)25/h4-6,13,16-18,21H,7-12,14-15H2,1-3H3/t17-,18+,21-/m1/s1. The molecule has 1 saturated carbocycles. The summed E-state index contributed by atoms with van der Waals surface area (Å²) in [5.74, 6) is -0.406. The average Bonchev–Trinajstić information content (AvgIpc) is 2.67. The fourth-order valence-corrected chi connectivity index (χ4v) is 5.52. The zero-order valence-corrected chi connectivity index (χ0v) is 18.8. The molecule has 0 amide bonds. The van der Waals surface area contributed by atoms with Crippen molar-refractivity contribution in [1.82, 2.24) is 4.90 Å². The molecule has 0 N–H and O–H groups in total. The Balaban J connectivity index is 1.64. The van der Waals surface area contributed by atoms with Crippen LogP contribution in [0.2, 0.25) is 0 Å². The molecule has 1 aromatic rings. The van der Waals surface area contributed by atoms with E-state index in [0.29, 0.717) is 35.6 Å². The minimum atomic E-state index is -4.06. The molecular weight excluding hydrogens is 413 g/mol. The lowest BCUT2D eigenvalue weighted by atomic mass is 9.81. The normalized spacial score (nSPS) is 26.9. The van der Waals surface area contributed by atoms with Gasteiger partial charge in [0.25, 0.3) is 0 Å². The maximum Gasteiger partial charge on any atom is 0.391 e. The zero-order chi connectivity index (χ0) is 22.1. The fraction of sp³-hybridized carbons (Fsp3) is 0.727. The molecule has 0 radical (unpaired) electrons. The highest BCUT2D eigenvalue weighted by Gasteiger charge is 2.42. The Kier molecular flexibility index (Phi) is 7.07. The van der Waals surface area contributed by atoms with Crippen LogP contribution in [0.1, 0.15) is 39.5 Å². The number of rotatable bonds is 5. The lowest BCUT2D eigenvalue weighted by molar-refractivity contribution is -0.184. The van der Waals surface area contributed by atoms with Crippen LogP contribution in [-0.2, 0) is 9.84 Å². The summed E-state index contributed by atoms with van der Waals surface area (Å²) < 4.78 is 62.6. The van der Waals surface area contributed by atoms with E-state index in [9.17, 15) is 21.6 Å². The van der Waals surface area contributed by atoms with E-state index in [1.807, 2.05) is 6.07 Å². The Hall–Kier alpha value is -1.28. The molecule has 30 heavy (non-hydrogen) atoms. The molecule has 1 heterocycles. The quantitative estimate of drug-likeness (QED) is 0.663. The lowest BCUT2D eigenvalue weighted by Gasteiger charge is -2.46. The van der Waals surface area contributed by atoms with E-state index in [1.54, 1.807) is 18.2 Å². The Morgan fingerprint density at radius 1 is 1.10 bits per heavy atom. The van der Waals surface area contributed by atoms with Gasteiger partial charge in [0.1, 0.15) is 0 Å². The Morgan fingerprint density at radius 2 is 1.77 bits per heavy atom. The van der Waals surface area contributed by atoms with Gasteiger partial charge in [-0.15, -0.1) is 0 Å². The predicted octanol–water partition coefficient (Wildman–Crippen LogP) is 4.61. The van der Waals surface area contributed by atoms with Gasteiger partial charge in [0, 0.05) is 44.2 Å². The largest absolute Gasteiger partial charge is 0.391 e. The molecule has 0 unspecified atom stereocenters. The third-order valence-corrected chi connectivity index (χ3v) is 7.83. The van der Waals surface area contributed by atoms with Gasteiger partial charge < -0.3 is 4.90 Å². The van der Waals surface area contributed by atoms with Crippen LogP contribution in [0.3, 0.4) is 0 Å². The number of anilines is 1. The first-order valence-corrected chi connectivity index (χ1v) is 12.7. The number of hydrogen-bond acceptors (Lipinski definition) is 4. The molecule has 8 heteroatoms. The van der Waals surface area contributed by atoms with Crippen molar-refractivity contribution < 1.29 is 21.6 Å². The maximum absolute atomic E-state index is 12.9. The molecule has 1 aliphatic heterocycles. The van der Waals surface area contributed by atoms with Crippen molar-refractivity contribution in [3.05, 3.63) is 24.3 Å². The summed E-state index contributed by atoms with van der Waals surface area (Å²) in [5.41, 5.74) is 0.911. The Bertz CT molecular complexity index is 818. The highest BCUT2D eigenvalue weighted by molar-refractivity contribution is 7.90. The Morgan fingerprint density at radius 3 is 2.33 bits per heavy atom. The van der Waals surface area contributed by atoms with Crippen LogP contribution < -0.4 is 4.90 Å². The molecule has 4 nitrogen and oxygen atoms in total. The van der Waals surface area contributed by atoms with E-state index in [2.05, 4.69) is 23.6 Å². The highest BCUT2D eigenvalue weighted by Crippen LogP contribution is 2.40. The molecule has 0 aromatic heterocycles. The van der Waals surface area contributed by atoms with Gasteiger partial charge in [0.2, 0.25) is 0 Å². The van der Waals surface area contributed by atoms with Gasteiger partial charge in [0.05, 0.1) is 10.8 Å². The number of piperazine rings is 1. The topological polar surface area (TPSA) is 40.6 Å². The number of sulfone groups is 1. The molecule has 1 aromatic carbocycles. The third kappa shape index (κ3) is 5.69. The first-order chi connectivity index (χ1) is 13.9. The van der Waals surface area contributed by atoms with Crippen molar-refractivity contribution >= 4 is 15.5 Å². The first kappa shape index (κ1) is 23.4. The van der Waals surface area contributed by atoms with Crippen LogP contribution in [0.15, 0.2) is 29.2 Å². The van der Waals surface area contributed by atoms with Crippen molar-refractivity contribution in [2.24, 2.45) is 17.8 Å². The summed E-state index contributed by atoms with van der Waals surface area (Å²) in [7, 11) is -3.26. The fourth-order valence-electron chi connectivity index (χ4n) is 4.86. The van der Waals surface area contributed by atoms with Crippen molar-refractivity contribution in [3.63, 3.8) is 0 Å². The molecule has 0 bridgehead atoms. The summed E-state index contributed by atoms with van der Waals surface area (Å²) in [6.07, 6.45) is -1.05. The van der Waals surface area contributed by atoms with Crippen LogP contribution in [-0.4, -0.2) is 58.0 Å². The van der Waals surface area contributed by atoms with Crippen molar-refractivity contribution in [2.75, 3.05) is 37.3 Å². The second-order valence-electron chi connectivity index (χ2n) is 9.28. The second kappa shape index (κ2) is 9.07. The van der Waals surface area contributed by atoms with Gasteiger partial charge >= 0.3 is 6.18 Å². The molecule has 1 aliphatic carbocycles. The average molecular weight is 447 g/mol. The van der Waals surface area contributed by atoms with E-state index >= 15 is 0 Å². The highest BCUT2D eigenvalue weighted by atomic mass is 32.2. The van der Waals surface area contributed by atoms with Crippen molar-refractivity contribution in [1.29, 1.82) is 0 Å². The molecule has 2 aliphatic rings. The predicted molar refractivity (Wildman–Crippen MR) is 113 cm³/mol. The SMILES string of the molecule is CC(C)[C@H]1CN(c2cccc(S(C)(=O)=O)c2)CCN1C[C@H]1CC[C@@H](C(F)(F)F)CC1. The minimum absolute atomic E-state index is 0.249. The summed E-state index contributed by atoms with van der Waals surface area (Å²) in [4.78, 5) is 5.00. The monoisotopic (exact) mass is 446 g/mol. The van der Waals surface area contributed by atoms with Crippen LogP contribution in [0.25, 0.3) is 0 Å². The molecule has 1 saturated heterocycles. The van der Waals surface area contributed by atoms with E-state index in [1.165, 1.54) is 6.26 Å². The van der Waals surface area contributed by atoms with Gasteiger partial charge in [-0.2, -0.15) is 13.2 Å². The lowest BCUT2D eigenvalue weighted by Crippen LogP contribution is -2.56. The molecule has 0 spiro atoms. The molecule has 2 fully saturated rings. The van der Waals surface area contributed by atoms with E-state index in [0.717, 1.165) is 31.9 Å². The van der Waals surface area contributed by atoms with Gasteiger partial charge in [0.15, 0.2) is 9.84 Å². The summed E-state index contributed by atoms with van der Waals surface area (Å²) in [6.45, 7) is 7.62. The van der Waals surface area contributed by atoms with Gasteiger partial charge in [-0.3, -0.25) is 4.90 Å². The van der Waals surface area contributed by atoms with Crippen LogP contribution in [0.5, 0.6) is 0 Å². The molecule has 170 valence electrons. The van der Waals surface area contributed by atoms with Crippen LogP contribution in [0.4, 0.5) is 18.9 Å². The minimum Gasteiger partial charge on any atom is -0.369 e. The number of nitrogens with zero attached hydrogens (tertiary/aromatic N) is 2. The smallest absolute Gasteiger partial charge is 0.369 e. The van der Waals surface area contributed by atoms with Crippen molar-refractivity contribution in [3.8, 4) is 0 Å². The van der Waals surface area contributed by atoms with E-state index in [4.69, 9.17) is 0 Å². The van der Waals surface area contributed by atoms with Gasteiger partial charge in [-0.25, -0.2) is 8.42 Å². The van der Waals surface area contributed by atoms with Gasteiger partial charge in [-0.05, 0) is 55.7 Å². The summed E-state index contributed by atoms with van der Waals surface area (Å²) in [6, 6.07) is 7.37. The zero-order valence-electron chi connectivity index (χ0n) is 18.0. The van der Waals surface area contributed by atoms with Crippen LogP contribution in [0, 0.1) is 17.8 Å². The summed E-state index contributed by atoms with van der Waals surface area (Å²) in [5, 5.41) is 0. The van der Waals surface area contributed by atoms with Crippen LogP contribution >= 0.6 is 0 Å². The van der Waals surface area contributed by atoms with Gasteiger partial charge in [-0.1, -0.05) is 19.9 Å². The number of hydrogen-bond donors (Lipinski definition) is 0. The first-order valence-electron chi connectivity index (χ1n) is 10.8. The number of benzene rings is 1. The maximum atomic E-state index is 12.9. The molecule has 1 atom stereocenters. The number of alkyl halides is 3. The number of halogens is 3. The van der Waals surface area contributed by atoms with Crippen molar-refractivity contribution in [2.45, 2.75) is 56.6 Å². The summed E-state index contributed by atoms with van der Waals surface area (Å²) >= 11 is 0. The third-order valence-electron chi connectivity index (χ3n) is 6.72. The molecular formula is C22H33F3N2O2S. The Labute approximate surface area is 178 Å². The molecule has 3 rings (SSSR count). The van der Waals surface area contributed by atoms with E-state index < -0.39 is 21.9 Å². The second-order valence-corrected chi connectivity index (χ2v) is 11.3. The van der Waals surface area contributed by atoms with E-state index in [-0.39, 0.29) is 12.8 Å².